The predicted octanol–water partition coefficient (Wildman–Crippen LogP) is 4.18. The summed E-state index contributed by atoms with van der Waals surface area (Å²) in [6, 6.07) is 15.9. The Morgan fingerprint density at radius 3 is 2.56 bits per heavy atom. The van der Waals surface area contributed by atoms with Gasteiger partial charge in [-0.1, -0.05) is 44.2 Å². The van der Waals surface area contributed by atoms with Crippen molar-refractivity contribution in [2.45, 2.75) is 26.8 Å². The van der Waals surface area contributed by atoms with Crippen LogP contribution in [0.5, 0.6) is 0 Å². The fourth-order valence-corrected chi connectivity index (χ4v) is 4.02. The summed E-state index contributed by atoms with van der Waals surface area (Å²) in [5, 5.41) is 3.02. The first-order valence-corrected chi connectivity index (χ1v) is 10.8. The number of imidazole rings is 1. The number of anilines is 1. The Hall–Kier alpha value is -3.48. The Labute approximate surface area is 187 Å². The number of carbonyl (C=O) groups is 2. The number of hydrogen-bond donors (Lipinski definition) is 1. The fourth-order valence-electron chi connectivity index (χ4n) is 4.02. The molecule has 1 fully saturated rings. The lowest BCUT2D eigenvalue weighted by molar-refractivity contribution is -0.128. The second kappa shape index (κ2) is 9.34. The highest BCUT2D eigenvalue weighted by molar-refractivity contribution is 5.98. The summed E-state index contributed by atoms with van der Waals surface area (Å²) >= 11 is 0. The molecule has 4 rings (SSSR count). The third kappa shape index (κ3) is 4.88. The van der Waals surface area contributed by atoms with E-state index in [4.69, 9.17) is 0 Å². The van der Waals surface area contributed by atoms with Crippen LogP contribution in [-0.4, -0.2) is 39.4 Å². The van der Waals surface area contributed by atoms with Crippen molar-refractivity contribution in [2.75, 3.05) is 18.4 Å². The lowest BCUT2D eigenvalue weighted by Gasteiger charge is -2.19. The Morgan fingerprint density at radius 1 is 1.16 bits per heavy atom. The number of halogens is 1. The first-order chi connectivity index (χ1) is 15.4. The van der Waals surface area contributed by atoms with Gasteiger partial charge >= 0.3 is 0 Å². The van der Waals surface area contributed by atoms with Gasteiger partial charge in [0.2, 0.25) is 11.8 Å². The Balaban J connectivity index is 1.60. The van der Waals surface area contributed by atoms with Crippen molar-refractivity contribution in [1.29, 1.82) is 0 Å². The molecule has 1 aliphatic rings. The van der Waals surface area contributed by atoms with Crippen LogP contribution in [0.15, 0.2) is 60.9 Å². The van der Waals surface area contributed by atoms with E-state index in [1.54, 1.807) is 23.4 Å². The van der Waals surface area contributed by atoms with Gasteiger partial charge in [0.15, 0.2) is 0 Å². The highest BCUT2D eigenvalue weighted by Crippen LogP contribution is 2.29. The minimum Gasteiger partial charge on any atom is -0.342 e. The van der Waals surface area contributed by atoms with E-state index in [2.05, 4.69) is 24.1 Å². The maximum Gasteiger partial charge on any atom is 0.230 e. The summed E-state index contributed by atoms with van der Waals surface area (Å²) in [6.45, 7) is 5.69. The molecule has 7 heteroatoms. The number of nitrogens with zero attached hydrogens (tertiary/aromatic N) is 3. The number of benzene rings is 2. The second-order valence-corrected chi connectivity index (χ2v) is 8.65. The van der Waals surface area contributed by atoms with Crippen LogP contribution in [0.4, 0.5) is 10.2 Å². The molecule has 0 radical (unpaired) electrons. The second-order valence-electron chi connectivity index (χ2n) is 8.65. The number of hydrogen-bond acceptors (Lipinski definition) is 3. The maximum atomic E-state index is 13.4. The molecule has 166 valence electrons. The molecule has 6 nitrogen and oxygen atoms in total. The van der Waals surface area contributed by atoms with Crippen LogP contribution in [-0.2, 0) is 16.1 Å². The Kier molecular flexibility index (Phi) is 6.35. The average Bonchev–Trinajstić information content (AvgIpc) is 3.32. The summed E-state index contributed by atoms with van der Waals surface area (Å²) in [5.41, 5.74) is 2.33. The highest BCUT2D eigenvalue weighted by Gasteiger charge is 2.35. The molecule has 1 aliphatic heterocycles. The minimum absolute atomic E-state index is 0.00963. The van der Waals surface area contributed by atoms with Crippen LogP contribution in [0, 0.1) is 17.7 Å². The van der Waals surface area contributed by atoms with Gasteiger partial charge in [-0.3, -0.25) is 9.59 Å². The van der Waals surface area contributed by atoms with Crippen molar-refractivity contribution < 1.29 is 14.0 Å². The van der Waals surface area contributed by atoms with Crippen LogP contribution in [0.3, 0.4) is 0 Å². The predicted molar refractivity (Wildman–Crippen MR) is 121 cm³/mol. The van der Waals surface area contributed by atoms with Crippen molar-refractivity contribution in [3.63, 3.8) is 0 Å². The molecule has 0 saturated carbocycles. The zero-order valence-corrected chi connectivity index (χ0v) is 18.3. The standard InChI is InChI=1S/C25H27FN4O2/c1-17(2)13-29-15-20(12-22(29)31)25(32)28-24-23(19-8-10-21(26)11-9-19)27-16-30(24)14-18-6-4-3-5-7-18/h3-11,16-17,20H,12-15H2,1-2H3,(H,28,32). The van der Waals surface area contributed by atoms with Crippen LogP contribution in [0.1, 0.15) is 25.8 Å². The van der Waals surface area contributed by atoms with Crippen LogP contribution in [0.2, 0.25) is 0 Å². The lowest BCUT2D eigenvalue weighted by atomic mass is 10.1. The quantitative estimate of drug-likeness (QED) is 0.607. The summed E-state index contributed by atoms with van der Waals surface area (Å²) < 4.78 is 15.3. The molecule has 2 aromatic carbocycles. The average molecular weight is 435 g/mol. The van der Waals surface area contributed by atoms with Gasteiger partial charge in [-0.15, -0.1) is 0 Å². The van der Waals surface area contributed by atoms with Gasteiger partial charge in [-0.05, 0) is 35.7 Å². The van der Waals surface area contributed by atoms with E-state index in [1.165, 1.54) is 12.1 Å². The van der Waals surface area contributed by atoms with E-state index in [-0.39, 0.29) is 24.1 Å². The zero-order valence-electron chi connectivity index (χ0n) is 18.3. The van der Waals surface area contributed by atoms with E-state index in [1.807, 2.05) is 34.9 Å². The number of amides is 2. The fraction of sp³-hybridized carbons (Fsp3) is 0.320. The molecular formula is C25H27FN4O2. The van der Waals surface area contributed by atoms with E-state index < -0.39 is 5.92 Å². The van der Waals surface area contributed by atoms with Crippen molar-refractivity contribution in [1.82, 2.24) is 14.5 Å². The number of rotatable bonds is 7. The molecule has 32 heavy (non-hydrogen) atoms. The normalized spacial score (nSPS) is 16.1. The lowest BCUT2D eigenvalue weighted by Crippen LogP contribution is -2.31. The van der Waals surface area contributed by atoms with Crippen LogP contribution in [0.25, 0.3) is 11.3 Å². The number of carbonyl (C=O) groups excluding carboxylic acids is 2. The van der Waals surface area contributed by atoms with Crippen molar-refractivity contribution in [3.05, 3.63) is 72.3 Å². The van der Waals surface area contributed by atoms with Gasteiger partial charge < -0.3 is 14.8 Å². The molecule has 1 saturated heterocycles. The first-order valence-electron chi connectivity index (χ1n) is 10.8. The number of likely N-dealkylation sites (tertiary alicyclic amines) is 1. The van der Waals surface area contributed by atoms with Crippen molar-refractivity contribution >= 4 is 17.6 Å². The molecule has 2 heterocycles. The van der Waals surface area contributed by atoms with Gasteiger partial charge in [0.1, 0.15) is 17.3 Å². The minimum atomic E-state index is -0.414. The zero-order chi connectivity index (χ0) is 22.7. The molecule has 0 aliphatic carbocycles. The molecule has 2 amide bonds. The van der Waals surface area contributed by atoms with Gasteiger partial charge in [-0.25, -0.2) is 9.37 Å². The van der Waals surface area contributed by atoms with E-state index in [0.717, 1.165) is 5.56 Å². The largest absolute Gasteiger partial charge is 0.342 e. The van der Waals surface area contributed by atoms with Crippen molar-refractivity contribution in [2.24, 2.45) is 11.8 Å². The van der Waals surface area contributed by atoms with E-state index >= 15 is 0 Å². The summed E-state index contributed by atoms with van der Waals surface area (Å²) in [6.07, 6.45) is 1.88. The summed E-state index contributed by atoms with van der Waals surface area (Å²) in [7, 11) is 0. The Morgan fingerprint density at radius 2 is 1.88 bits per heavy atom. The first kappa shape index (κ1) is 21.7. The molecule has 3 aromatic rings. The molecule has 0 spiro atoms. The van der Waals surface area contributed by atoms with Gasteiger partial charge in [-0.2, -0.15) is 0 Å². The van der Waals surface area contributed by atoms with Gasteiger partial charge in [0.25, 0.3) is 0 Å². The van der Waals surface area contributed by atoms with E-state index in [0.29, 0.717) is 42.6 Å². The summed E-state index contributed by atoms with van der Waals surface area (Å²) in [5.74, 6) is -0.0586. The highest BCUT2D eigenvalue weighted by atomic mass is 19.1. The van der Waals surface area contributed by atoms with Gasteiger partial charge in [0, 0.05) is 25.1 Å². The van der Waals surface area contributed by atoms with Crippen molar-refractivity contribution in [3.8, 4) is 11.3 Å². The molecule has 1 unspecified atom stereocenters. The van der Waals surface area contributed by atoms with Crippen LogP contribution < -0.4 is 5.32 Å². The molecule has 1 atom stereocenters. The molecular weight excluding hydrogens is 407 g/mol. The number of aromatic nitrogens is 2. The molecule has 1 aromatic heterocycles. The van der Waals surface area contributed by atoms with Gasteiger partial charge in [0.05, 0.1) is 18.8 Å². The smallest absolute Gasteiger partial charge is 0.230 e. The third-order valence-electron chi connectivity index (χ3n) is 5.56. The maximum absolute atomic E-state index is 13.4. The molecule has 0 bridgehead atoms. The van der Waals surface area contributed by atoms with Crippen LogP contribution >= 0.6 is 0 Å². The third-order valence-corrected chi connectivity index (χ3v) is 5.56. The summed E-state index contributed by atoms with van der Waals surface area (Å²) in [4.78, 5) is 31.8. The topological polar surface area (TPSA) is 67.2 Å². The monoisotopic (exact) mass is 434 g/mol. The number of nitrogens with one attached hydrogen (secondary N) is 1. The SMILES string of the molecule is CC(C)CN1CC(C(=O)Nc2c(-c3ccc(F)cc3)ncn2Cc2ccccc2)CC1=O. The molecule has 1 N–H and O–H groups in total. The van der Waals surface area contributed by atoms with E-state index in [9.17, 15) is 14.0 Å². The Bertz CT molecular complexity index is 1090.